The third-order valence-electron chi connectivity index (χ3n) is 5.89. The maximum absolute atomic E-state index is 9.92. The highest BCUT2D eigenvalue weighted by molar-refractivity contribution is 5.89. The molecule has 0 spiro atoms. The molecule has 0 saturated carbocycles. The molecule has 8 nitrogen and oxygen atoms in total. The van der Waals surface area contributed by atoms with Crippen LogP contribution in [0.2, 0.25) is 0 Å². The predicted octanol–water partition coefficient (Wildman–Crippen LogP) is 4.91. The molecule has 1 aliphatic heterocycles. The normalized spacial score (nSPS) is 12.4. The van der Waals surface area contributed by atoms with Crippen molar-refractivity contribution >= 4 is 28.2 Å². The van der Waals surface area contributed by atoms with Gasteiger partial charge in [0.1, 0.15) is 29.6 Å². The van der Waals surface area contributed by atoms with E-state index in [-0.39, 0.29) is 0 Å². The molecule has 2 heterocycles. The third kappa shape index (κ3) is 4.50. The number of fused-ring (bicyclic) bond motifs is 1. The summed E-state index contributed by atoms with van der Waals surface area (Å²) in [5.74, 6) is 1.91. The quantitative estimate of drug-likeness (QED) is 0.413. The van der Waals surface area contributed by atoms with Crippen LogP contribution in [0.5, 0.6) is 11.5 Å². The molecule has 172 valence electrons. The zero-order chi connectivity index (χ0) is 24.2. The summed E-state index contributed by atoms with van der Waals surface area (Å²) in [5, 5.41) is 22.3. The molecule has 4 aromatic rings. The van der Waals surface area contributed by atoms with Gasteiger partial charge < -0.3 is 19.7 Å². The fourth-order valence-electron chi connectivity index (χ4n) is 3.90. The van der Waals surface area contributed by atoms with Gasteiger partial charge in [-0.2, -0.15) is 10.5 Å². The van der Waals surface area contributed by atoms with Crippen molar-refractivity contribution in [2.75, 3.05) is 30.4 Å². The number of anilines is 3. The molecule has 35 heavy (non-hydrogen) atoms. The molecule has 3 aromatic carbocycles. The molecular formula is C27H22N6O2. The Bertz CT molecular complexity index is 1480. The van der Waals surface area contributed by atoms with E-state index in [1.165, 1.54) is 0 Å². The second kappa shape index (κ2) is 9.58. The van der Waals surface area contributed by atoms with Gasteiger partial charge in [-0.15, -0.1) is 0 Å². The first-order valence-corrected chi connectivity index (χ1v) is 11.2. The number of ether oxygens (including phenoxy) is 2. The van der Waals surface area contributed by atoms with Crippen LogP contribution >= 0.6 is 0 Å². The van der Waals surface area contributed by atoms with E-state index in [1.807, 2.05) is 42.5 Å². The summed E-state index contributed by atoms with van der Waals surface area (Å²) < 4.78 is 11.5. The van der Waals surface area contributed by atoms with Crippen LogP contribution in [0.25, 0.3) is 11.0 Å². The molecule has 1 aliphatic rings. The van der Waals surface area contributed by atoms with Gasteiger partial charge in [0, 0.05) is 24.8 Å². The van der Waals surface area contributed by atoms with Gasteiger partial charge in [-0.3, -0.25) is 4.98 Å². The Morgan fingerprint density at radius 1 is 1.03 bits per heavy atom. The predicted molar refractivity (Wildman–Crippen MR) is 133 cm³/mol. The fourth-order valence-corrected chi connectivity index (χ4v) is 3.90. The highest BCUT2D eigenvalue weighted by Crippen LogP contribution is 2.34. The summed E-state index contributed by atoms with van der Waals surface area (Å²) in [6.45, 7) is 2.22. The van der Waals surface area contributed by atoms with Crippen molar-refractivity contribution in [1.82, 2.24) is 9.97 Å². The molecule has 0 radical (unpaired) electrons. The van der Waals surface area contributed by atoms with Crippen LogP contribution in [-0.2, 0) is 6.61 Å². The number of rotatable bonds is 7. The standard InChI is InChI=1S/C27H22N6O2/c1-34-25-13-20(6-9-24(25)35-17-19-5-2-4-18(12-19)14-28)31-22-7-8-23-27(21(22)15-29)32-26(16-30-23)33-10-3-11-33/h2,4-9,12-13,16,31H,3,10-11,17H2,1H3. The molecule has 1 saturated heterocycles. The lowest BCUT2D eigenvalue weighted by atomic mass is 10.1. The summed E-state index contributed by atoms with van der Waals surface area (Å²) in [7, 11) is 1.58. The number of nitrogens with one attached hydrogen (secondary N) is 1. The van der Waals surface area contributed by atoms with Crippen LogP contribution in [0.1, 0.15) is 23.1 Å². The van der Waals surface area contributed by atoms with Crippen molar-refractivity contribution in [2.24, 2.45) is 0 Å². The number of nitrogens with zero attached hydrogens (tertiary/aromatic N) is 5. The maximum atomic E-state index is 9.92. The van der Waals surface area contributed by atoms with Gasteiger partial charge in [-0.05, 0) is 48.4 Å². The lowest BCUT2D eigenvalue weighted by Gasteiger charge is -2.31. The average molecular weight is 463 g/mol. The third-order valence-corrected chi connectivity index (χ3v) is 5.89. The van der Waals surface area contributed by atoms with Gasteiger partial charge in [0.25, 0.3) is 0 Å². The van der Waals surface area contributed by atoms with E-state index in [2.05, 4.69) is 27.3 Å². The topological polar surface area (TPSA) is 107 Å². The minimum atomic E-state index is 0.305. The minimum Gasteiger partial charge on any atom is -0.493 e. The first-order valence-electron chi connectivity index (χ1n) is 11.2. The number of aromatic nitrogens is 2. The van der Waals surface area contributed by atoms with Gasteiger partial charge in [0.05, 0.1) is 36.1 Å². The van der Waals surface area contributed by atoms with Crippen LogP contribution in [0.4, 0.5) is 17.2 Å². The summed E-state index contributed by atoms with van der Waals surface area (Å²) in [6.07, 6.45) is 2.90. The SMILES string of the molecule is COc1cc(Nc2ccc3ncc(N4CCC4)nc3c2C#N)ccc1OCc1cccc(C#N)c1. The van der Waals surface area contributed by atoms with E-state index in [4.69, 9.17) is 19.7 Å². The maximum Gasteiger partial charge on any atom is 0.162 e. The molecular weight excluding hydrogens is 440 g/mol. The Morgan fingerprint density at radius 3 is 2.66 bits per heavy atom. The molecule has 5 rings (SSSR count). The van der Waals surface area contributed by atoms with Gasteiger partial charge in [-0.1, -0.05) is 12.1 Å². The number of nitriles is 2. The molecule has 1 aromatic heterocycles. The molecule has 0 aliphatic carbocycles. The largest absolute Gasteiger partial charge is 0.493 e. The number of benzene rings is 3. The molecule has 0 unspecified atom stereocenters. The van der Waals surface area contributed by atoms with E-state index in [0.717, 1.165) is 36.6 Å². The van der Waals surface area contributed by atoms with Crippen LogP contribution in [0, 0.1) is 22.7 Å². The van der Waals surface area contributed by atoms with Crippen molar-refractivity contribution in [2.45, 2.75) is 13.0 Å². The molecule has 0 atom stereocenters. The summed E-state index contributed by atoms with van der Waals surface area (Å²) in [5.41, 5.74) is 4.55. The van der Waals surface area contributed by atoms with Crippen LogP contribution in [0.3, 0.4) is 0 Å². The second-order valence-electron chi connectivity index (χ2n) is 8.13. The first kappa shape index (κ1) is 22.0. The Morgan fingerprint density at radius 2 is 1.91 bits per heavy atom. The molecule has 1 N–H and O–H groups in total. The average Bonchev–Trinajstić information content (AvgIpc) is 2.86. The van der Waals surface area contributed by atoms with Gasteiger partial charge in [0.15, 0.2) is 11.5 Å². The zero-order valence-corrected chi connectivity index (χ0v) is 19.2. The smallest absolute Gasteiger partial charge is 0.162 e. The highest BCUT2D eigenvalue weighted by atomic mass is 16.5. The van der Waals surface area contributed by atoms with Gasteiger partial charge >= 0.3 is 0 Å². The van der Waals surface area contributed by atoms with Crippen LogP contribution in [-0.4, -0.2) is 30.2 Å². The zero-order valence-electron chi connectivity index (χ0n) is 19.2. The number of hydrogen-bond donors (Lipinski definition) is 1. The highest BCUT2D eigenvalue weighted by Gasteiger charge is 2.18. The molecule has 1 fully saturated rings. The van der Waals surface area contributed by atoms with Crippen molar-refractivity contribution in [3.63, 3.8) is 0 Å². The monoisotopic (exact) mass is 462 g/mol. The van der Waals surface area contributed by atoms with Crippen LogP contribution < -0.4 is 19.7 Å². The Labute approximate surface area is 203 Å². The van der Waals surface area contributed by atoms with E-state index >= 15 is 0 Å². The van der Waals surface area contributed by atoms with Crippen molar-refractivity contribution in [3.8, 4) is 23.6 Å². The van der Waals surface area contributed by atoms with E-state index in [9.17, 15) is 5.26 Å². The summed E-state index contributed by atoms with van der Waals surface area (Å²) in [4.78, 5) is 11.4. The number of hydrogen-bond acceptors (Lipinski definition) is 8. The van der Waals surface area contributed by atoms with Crippen molar-refractivity contribution in [3.05, 3.63) is 77.5 Å². The summed E-state index contributed by atoms with van der Waals surface area (Å²) in [6, 6.07) is 20.9. The van der Waals surface area contributed by atoms with Crippen molar-refractivity contribution < 1.29 is 9.47 Å². The fraction of sp³-hybridized carbons (Fsp3) is 0.185. The minimum absolute atomic E-state index is 0.305. The molecule has 0 bridgehead atoms. The van der Waals surface area contributed by atoms with Crippen LogP contribution in [0.15, 0.2) is 60.8 Å². The molecule has 0 amide bonds. The summed E-state index contributed by atoms with van der Waals surface area (Å²) >= 11 is 0. The van der Waals surface area contributed by atoms with E-state index in [1.54, 1.807) is 25.4 Å². The Balaban J connectivity index is 1.39. The van der Waals surface area contributed by atoms with Crippen molar-refractivity contribution in [1.29, 1.82) is 10.5 Å². The molecule has 8 heteroatoms. The van der Waals surface area contributed by atoms with E-state index in [0.29, 0.717) is 46.0 Å². The second-order valence-corrected chi connectivity index (χ2v) is 8.13. The lowest BCUT2D eigenvalue weighted by Crippen LogP contribution is -2.37. The van der Waals surface area contributed by atoms with E-state index < -0.39 is 0 Å². The van der Waals surface area contributed by atoms with Gasteiger partial charge in [0.2, 0.25) is 0 Å². The number of methoxy groups -OCH3 is 1. The Kier molecular flexibility index (Phi) is 6.02. The first-order chi connectivity index (χ1) is 17.2. The lowest BCUT2D eigenvalue weighted by molar-refractivity contribution is 0.284. The Hall–Kier alpha value is -4.82. The van der Waals surface area contributed by atoms with Gasteiger partial charge in [-0.25, -0.2) is 4.98 Å².